The van der Waals surface area contributed by atoms with E-state index in [0.29, 0.717) is 18.9 Å². The molecule has 0 radical (unpaired) electrons. The number of methoxy groups -OCH3 is 1. The summed E-state index contributed by atoms with van der Waals surface area (Å²) in [7, 11) is 1.53. The molecular formula is C16H17FN2O2. The van der Waals surface area contributed by atoms with Crippen molar-refractivity contribution in [3.05, 3.63) is 47.8 Å². The predicted octanol–water partition coefficient (Wildman–Crippen LogP) is 2.82. The van der Waals surface area contributed by atoms with Gasteiger partial charge in [0.25, 0.3) is 0 Å². The van der Waals surface area contributed by atoms with Crippen LogP contribution >= 0.6 is 0 Å². The minimum atomic E-state index is -0.460. The van der Waals surface area contributed by atoms with Gasteiger partial charge in [-0.25, -0.2) is 4.39 Å². The molecule has 0 unspecified atom stereocenters. The molecule has 5 heteroatoms. The molecule has 2 aromatic carbocycles. The molecule has 3 rings (SSSR count). The zero-order chi connectivity index (χ0) is 14.8. The predicted molar refractivity (Wildman–Crippen MR) is 80.4 cm³/mol. The maximum Gasteiger partial charge on any atom is 0.149 e. The van der Waals surface area contributed by atoms with Gasteiger partial charge in [0.05, 0.1) is 25.0 Å². The third-order valence-electron chi connectivity index (χ3n) is 3.59. The lowest BCUT2D eigenvalue weighted by Crippen LogP contribution is -2.32. The van der Waals surface area contributed by atoms with Crippen LogP contribution in [0, 0.1) is 5.82 Å². The number of fused-ring (bicyclic) bond motifs is 1. The highest BCUT2D eigenvalue weighted by atomic mass is 19.1. The van der Waals surface area contributed by atoms with E-state index < -0.39 is 5.82 Å². The van der Waals surface area contributed by atoms with Crippen LogP contribution in [0.2, 0.25) is 0 Å². The molecule has 1 aliphatic heterocycles. The Labute approximate surface area is 122 Å². The molecule has 4 nitrogen and oxygen atoms in total. The topological polar surface area (TPSA) is 47.7 Å². The summed E-state index contributed by atoms with van der Waals surface area (Å²) in [5.41, 5.74) is 7.68. The van der Waals surface area contributed by atoms with E-state index in [-0.39, 0.29) is 5.69 Å². The van der Waals surface area contributed by atoms with Crippen LogP contribution in [-0.2, 0) is 6.54 Å². The van der Waals surface area contributed by atoms with Gasteiger partial charge in [-0.3, -0.25) is 0 Å². The third kappa shape index (κ3) is 2.59. The molecule has 0 saturated heterocycles. The molecule has 1 heterocycles. The van der Waals surface area contributed by atoms with Gasteiger partial charge in [0.2, 0.25) is 0 Å². The average molecular weight is 288 g/mol. The first-order valence-corrected chi connectivity index (χ1v) is 6.77. The molecule has 0 saturated carbocycles. The number of rotatable bonds is 3. The Kier molecular flexibility index (Phi) is 3.56. The monoisotopic (exact) mass is 288 g/mol. The van der Waals surface area contributed by atoms with Crippen molar-refractivity contribution in [3.63, 3.8) is 0 Å². The third-order valence-corrected chi connectivity index (χ3v) is 3.59. The number of halogens is 1. The van der Waals surface area contributed by atoms with Gasteiger partial charge in [0, 0.05) is 18.2 Å². The molecule has 0 fully saturated rings. The van der Waals surface area contributed by atoms with E-state index in [0.717, 1.165) is 23.5 Å². The summed E-state index contributed by atoms with van der Waals surface area (Å²) in [6.45, 7) is 1.97. The van der Waals surface area contributed by atoms with Crippen molar-refractivity contribution >= 4 is 11.4 Å². The number of nitrogens with zero attached hydrogens (tertiary/aromatic N) is 1. The second-order valence-corrected chi connectivity index (χ2v) is 4.92. The quantitative estimate of drug-likeness (QED) is 0.882. The minimum Gasteiger partial charge on any atom is -0.496 e. The Morgan fingerprint density at radius 1 is 1.33 bits per heavy atom. The van der Waals surface area contributed by atoms with Crippen LogP contribution in [0.15, 0.2) is 36.4 Å². The van der Waals surface area contributed by atoms with Crippen LogP contribution in [-0.4, -0.2) is 20.3 Å². The van der Waals surface area contributed by atoms with Crippen molar-refractivity contribution in [3.8, 4) is 11.5 Å². The number of nitrogens with two attached hydrogens (primary N) is 1. The van der Waals surface area contributed by atoms with Crippen LogP contribution in [0.3, 0.4) is 0 Å². The van der Waals surface area contributed by atoms with Crippen LogP contribution in [0.5, 0.6) is 11.5 Å². The smallest absolute Gasteiger partial charge is 0.149 e. The zero-order valence-corrected chi connectivity index (χ0v) is 11.8. The van der Waals surface area contributed by atoms with Crippen molar-refractivity contribution in [2.45, 2.75) is 6.54 Å². The molecule has 1 aliphatic rings. The van der Waals surface area contributed by atoms with Crippen molar-refractivity contribution in [1.29, 1.82) is 0 Å². The van der Waals surface area contributed by atoms with Gasteiger partial charge in [-0.15, -0.1) is 0 Å². The molecule has 0 atom stereocenters. The van der Waals surface area contributed by atoms with Crippen molar-refractivity contribution in [2.75, 3.05) is 30.9 Å². The molecule has 2 N–H and O–H groups in total. The highest BCUT2D eigenvalue weighted by Gasteiger charge is 2.19. The fourth-order valence-electron chi connectivity index (χ4n) is 2.53. The molecule has 0 amide bonds. The summed E-state index contributed by atoms with van der Waals surface area (Å²) in [6.07, 6.45) is 0. The van der Waals surface area contributed by atoms with Gasteiger partial charge < -0.3 is 20.1 Å². The summed E-state index contributed by atoms with van der Waals surface area (Å²) in [5, 5.41) is 0. The number of hydrogen-bond donors (Lipinski definition) is 1. The highest BCUT2D eigenvalue weighted by Crippen LogP contribution is 2.34. The Morgan fingerprint density at radius 3 is 2.95 bits per heavy atom. The second kappa shape index (κ2) is 5.52. The van der Waals surface area contributed by atoms with E-state index in [1.54, 1.807) is 6.07 Å². The Balaban J connectivity index is 1.93. The lowest BCUT2D eigenvalue weighted by atomic mass is 10.1. The van der Waals surface area contributed by atoms with Gasteiger partial charge in [0.15, 0.2) is 0 Å². The van der Waals surface area contributed by atoms with Crippen LogP contribution in [0.25, 0.3) is 0 Å². The SMILES string of the molecule is COc1cc(F)c(N)cc1CN1CCOc2ccccc21. The Bertz CT molecular complexity index is 661. The van der Waals surface area contributed by atoms with Gasteiger partial charge in [-0.05, 0) is 18.2 Å². The number of anilines is 2. The molecule has 110 valence electrons. The summed E-state index contributed by atoms with van der Waals surface area (Å²) in [5.74, 6) is 0.904. The number of ether oxygens (including phenoxy) is 2. The first-order chi connectivity index (χ1) is 10.2. The average Bonchev–Trinajstić information content (AvgIpc) is 2.51. The maximum absolute atomic E-state index is 13.5. The normalized spacial score (nSPS) is 13.5. The van der Waals surface area contributed by atoms with E-state index in [9.17, 15) is 4.39 Å². The van der Waals surface area contributed by atoms with Crippen LogP contribution in [0.4, 0.5) is 15.8 Å². The van der Waals surface area contributed by atoms with E-state index in [1.807, 2.05) is 24.3 Å². The summed E-state index contributed by atoms with van der Waals surface area (Å²) < 4.78 is 24.4. The van der Waals surface area contributed by atoms with Crippen molar-refractivity contribution in [1.82, 2.24) is 0 Å². The van der Waals surface area contributed by atoms with Crippen molar-refractivity contribution < 1.29 is 13.9 Å². The molecule has 0 bridgehead atoms. The standard InChI is InChI=1S/C16H17FN2O2/c1-20-16-9-12(17)13(18)8-11(16)10-19-6-7-21-15-5-3-2-4-14(15)19/h2-5,8-9H,6-7,10,18H2,1H3. The van der Waals surface area contributed by atoms with Crippen molar-refractivity contribution in [2.24, 2.45) is 0 Å². The van der Waals surface area contributed by atoms with Crippen LogP contribution in [0.1, 0.15) is 5.56 Å². The number of para-hydroxylation sites is 2. The molecule has 2 aromatic rings. The Hall–Kier alpha value is -2.43. The molecule has 0 spiro atoms. The Morgan fingerprint density at radius 2 is 2.14 bits per heavy atom. The molecular weight excluding hydrogens is 271 g/mol. The van der Waals surface area contributed by atoms with E-state index >= 15 is 0 Å². The molecule has 21 heavy (non-hydrogen) atoms. The first-order valence-electron chi connectivity index (χ1n) is 6.77. The lowest BCUT2D eigenvalue weighted by Gasteiger charge is -2.31. The van der Waals surface area contributed by atoms with Gasteiger partial charge in [-0.1, -0.05) is 12.1 Å². The second-order valence-electron chi connectivity index (χ2n) is 4.92. The lowest BCUT2D eigenvalue weighted by molar-refractivity contribution is 0.306. The van der Waals surface area contributed by atoms with Gasteiger partial charge in [-0.2, -0.15) is 0 Å². The van der Waals surface area contributed by atoms with Gasteiger partial charge >= 0.3 is 0 Å². The van der Waals surface area contributed by atoms with E-state index in [4.69, 9.17) is 15.2 Å². The number of benzene rings is 2. The number of nitrogen functional groups attached to an aromatic ring is 1. The van der Waals surface area contributed by atoms with Gasteiger partial charge in [0.1, 0.15) is 23.9 Å². The van der Waals surface area contributed by atoms with E-state index in [2.05, 4.69) is 4.90 Å². The highest BCUT2D eigenvalue weighted by molar-refractivity contribution is 5.61. The maximum atomic E-state index is 13.5. The largest absolute Gasteiger partial charge is 0.496 e. The summed E-state index contributed by atoms with van der Waals surface area (Å²) in [4.78, 5) is 2.17. The fourth-order valence-corrected chi connectivity index (χ4v) is 2.53. The first kappa shape index (κ1) is 13.5. The number of hydrogen-bond acceptors (Lipinski definition) is 4. The minimum absolute atomic E-state index is 0.132. The zero-order valence-electron chi connectivity index (χ0n) is 11.8. The molecule has 0 aliphatic carbocycles. The molecule has 0 aromatic heterocycles. The van der Waals surface area contributed by atoms with Crippen LogP contribution < -0.4 is 20.1 Å². The van der Waals surface area contributed by atoms with E-state index in [1.165, 1.54) is 13.2 Å². The summed E-state index contributed by atoms with van der Waals surface area (Å²) in [6, 6.07) is 10.8. The fraction of sp³-hybridized carbons (Fsp3) is 0.250. The summed E-state index contributed by atoms with van der Waals surface area (Å²) >= 11 is 0.